The number of hydrogen-bond donors (Lipinski definition) is 1. The van der Waals surface area contributed by atoms with Crippen LogP contribution < -0.4 is 5.32 Å². The summed E-state index contributed by atoms with van der Waals surface area (Å²) in [4.78, 5) is 0. The molecule has 0 radical (unpaired) electrons. The highest BCUT2D eigenvalue weighted by atomic mass is 16.4. The molecule has 4 aromatic rings. The lowest BCUT2D eigenvalue weighted by atomic mass is 9.98. The van der Waals surface area contributed by atoms with E-state index in [1.807, 2.05) is 26.0 Å². The molecule has 0 fully saturated rings. The van der Waals surface area contributed by atoms with E-state index >= 15 is 0 Å². The van der Waals surface area contributed by atoms with Crippen LogP contribution in [0.2, 0.25) is 0 Å². The summed E-state index contributed by atoms with van der Waals surface area (Å²) in [5.41, 5.74) is 4.60. The zero-order chi connectivity index (χ0) is 19.5. The van der Waals surface area contributed by atoms with Crippen molar-refractivity contribution in [3.8, 4) is 11.5 Å². The van der Waals surface area contributed by atoms with E-state index in [2.05, 4.69) is 71.0 Å². The van der Waals surface area contributed by atoms with Crippen LogP contribution in [0.3, 0.4) is 0 Å². The third-order valence-corrected chi connectivity index (χ3v) is 4.86. The Morgan fingerprint density at radius 3 is 2.25 bits per heavy atom. The Morgan fingerprint density at radius 2 is 1.57 bits per heavy atom. The van der Waals surface area contributed by atoms with Gasteiger partial charge in [-0.2, -0.15) is 0 Å². The molecule has 2 N–H and O–H groups in total. The van der Waals surface area contributed by atoms with Gasteiger partial charge in [0.25, 0.3) is 11.8 Å². The van der Waals surface area contributed by atoms with Gasteiger partial charge in [0.15, 0.2) is 6.54 Å². The van der Waals surface area contributed by atoms with Crippen molar-refractivity contribution >= 4 is 0 Å². The van der Waals surface area contributed by atoms with E-state index in [-0.39, 0.29) is 6.04 Å². The molecule has 1 atom stereocenters. The Kier molecular flexibility index (Phi) is 5.08. The summed E-state index contributed by atoms with van der Waals surface area (Å²) >= 11 is 0. The maximum absolute atomic E-state index is 5.89. The van der Waals surface area contributed by atoms with Crippen LogP contribution in [0, 0.1) is 20.8 Å². The molecule has 0 aliphatic heterocycles. The number of aryl methyl sites for hydroxylation is 3. The quantitative estimate of drug-likeness (QED) is 0.551. The Bertz CT molecular complexity index is 1050. The Labute approximate surface area is 164 Å². The van der Waals surface area contributed by atoms with Gasteiger partial charge in [0, 0.05) is 11.1 Å². The lowest BCUT2D eigenvalue weighted by molar-refractivity contribution is -0.704. The van der Waals surface area contributed by atoms with Gasteiger partial charge in [-0.3, -0.25) is 0 Å². The molecule has 0 saturated carbocycles. The van der Waals surface area contributed by atoms with Crippen molar-refractivity contribution in [2.24, 2.45) is 0 Å². The van der Waals surface area contributed by atoms with Gasteiger partial charge in [0.2, 0.25) is 0 Å². The first-order valence-electron chi connectivity index (χ1n) is 9.45. The number of aromatic nitrogens is 2. The van der Waals surface area contributed by atoms with Crippen LogP contribution >= 0.6 is 0 Å². The van der Waals surface area contributed by atoms with Gasteiger partial charge in [-0.25, -0.2) is 0 Å². The van der Waals surface area contributed by atoms with Gasteiger partial charge < -0.3 is 14.2 Å². The molecule has 0 unspecified atom stereocenters. The fraction of sp³-hybridized carbons (Fsp3) is 0.217. The molecule has 0 amide bonds. The normalized spacial score (nSPS) is 12.2. The summed E-state index contributed by atoms with van der Waals surface area (Å²) in [5, 5.41) is 10.7. The van der Waals surface area contributed by atoms with Crippen LogP contribution in [0.1, 0.15) is 40.1 Å². The van der Waals surface area contributed by atoms with Gasteiger partial charge >= 0.3 is 0 Å². The van der Waals surface area contributed by atoms with Crippen molar-refractivity contribution < 1.29 is 14.2 Å². The molecule has 0 saturated heterocycles. The highest BCUT2D eigenvalue weighted by molar-refractivity contribution is 5.55. The van der Waals surface area contributed by atoms with E-state index in [0.29, 0.717) is 18.3 Å². The number of benzene rings is 2. The van der Waals surface area contributed by atoms with Gasteiger partial charge in [-0.15, -0.1) is 10.2 Å². The summed E-state index contributed by atoms with van der Waals surface area (Å²) in [7, 11) is 0. The maximum Gasteiger partial charge on any atom is 0.271 e. The summed E-state index contributed by atoms with van der Waals surface area (Å²) in [6, 6.07) is 21.2. The molecule has 28 heavy (non-hydrogen) atoms. The second-order valence-corrected chi connectivity index (χ2v) is 7.07. The van der Waals surface area contributed by atoms with E-state index in [1.165, 1.54) is 16.7 Å². The lowest BCUT2D eigenvalue weighted by Gasteiger charge is -2.16. The van der Waals surface area contributed by atoms with Crippen LogP contribution in [0.15, 0.2) is 69.5 Å². The standard InChI is InChI=1S/C23H23N3O2/c1-15-9-11-19(12-10-15)22(18-7-5-4-6-8-18)24-14-21-25-26-23(28-21)20-13-16(2)27-17(20)3/h4-13,22,24H,14H2,1-3H3/p+1/t22-/m0/s1. The third-order valence-electron chi connectivity index (χ3n) is 4.86. The molecule has 0 aliphatic rings. The second-order valence-electron chi connectivity index (χ2n) is 7.07. The lowest BCUT2D eigenvalue weighted by Crippen LogP contribution is -2.84. The topological polar surface area (TPSA) is 68.7 Å². The van der Waals surface area contributed by atoms with Crippen molar-refractivity contribution in [1.29, 1.82) is 0 Å². The van der Waals surface area contributed by atoms with E-state index in [4.69, 9.17) is 8.83 Å². The molecular formula is C23H24N3O2+. The monoisotopic (exact) mass is 374 g/mol. The number of nitrogens with zero attached hydrogens (tertiary/aromatic N) is 2. The Balaban J connectivity index is 1.55. The summed E-state index contributed by atoms with van der Waals surface area (Å²) in [6.45, 7) is 6.51. The molecule has 142 valence electrons. The Morgan fingerprint density at radius 1 is 0.857 bits per heavy atom. The number of hydrogen-bond acceptors (Lipinski definition) is 4. The molecular weight excluding hydrogens is 350 g/mol. The fourth-order valence-corrected chi connectivity index (χ4v) is 3.41. The van der Waals surface area contributed by atoms with Crippen LogP contribution in [0.4, 0.5) is 0 Å². The fourth-order valence-electron chi connectivity index (χ4n) is 3.41. The van der Waals surface area contributed by atoms with E-state index < -0.39 is 0 Å². The largest absolute Gasteiger partial charge is 0.466 e. The minimum Gasteiger partial charge on any atom is -0.466 e. The highest BCUT2D eigenvalue weighted by Gasteiger charge is 2.20. The zero-order valence-electron chi connectivity index (χ0n) is 16.3. The highest BCUT2D eigenvalue weighted by Crippen LogP contribution is 2.25. The average Bonchev–Trinajstić information content (AvgIpc) is 3.30. The van der Waals surface area contributed by atoms with Crippen molar-refractivity contribution in [3.05, 3.63) is 94.8 Å². The van der Waals surface area contributed by atoms with E-state index in [9.17, 15) is 0 Å². The van der Waals surface area contributed by atoms with Crippen molar-refractivity contribution in [3.63, 3.8) is 0 Å². The molecule has 2 aromatic heterocycles. The van der Waals surface area contributed by atoms with E-state index in [1.54, 1.807) is 0 Å². The molecule has 0 spiro atoms. The number of nitrogens with two attached hydrogens (primary N) is 1. The molecule has 2 aromatic carbocycles. The summed E-state index contributed by atoms with van der Waals surface area (Å²) in [6.07, 6.45) is 0. The molecule has 5 heteroatoms. The summed E-state index contributed by atoms with van der Waals surface area (Å²) < 4.78 is 11.5. The smallest absolute Gasteiger partial charge is 0.271 e. The van der Waals surface area contributed by atoms with Crippen LogP contribution in [0.25, 0.3) is 11.5 Å². The summed E-state index contributed by atoms with van der Waals surface area (Å²) in [5.74, 6) is 2.73. The maximum atomic E-state index is 5.89. The van der Waals surface area contributed by atoms with Crippen molar-refractivity contribution in [1.82, 2.24) is 10.2 Å². The minimum absolute atomic E-state index is 0.162. The van der Waals surface area contributed by atoms with Crippen molar-refractivity contribution in [2.75, 3.05) is 0 Å². The predicted molar refractivity (Wildman–Crippen MR) is 107 cm³/mol. The molecule has 2 heterocycles. The van der Waals surface area contributed by atoms with Crippen LogP contribution in [0.5, 0.6) is 0 Å². The predicted octanol–water partition coefficient (Wildman–Crippen LogP) is 4.11. The Hall–Kier alpha value is -3.18. The van der Waals surface area contributed by atoms with Gasteiger partial charge in [0.05, 0.1) is 5.56 Å². The van der Waals surface area contributed by atoms with Crippen molar-refractivity contribution in [2.45, 2.75) is 33.4 Å². The third kappa shape index (κ3) is 3.89. The number of rotatable bonds is 6. The number of quaternary nitrogens is 1. The zero-order valence-corrected chi connectivity index (χ0v) is 16.3. The SMILES string of the molecule is Cc1ccc([C@@H]([NH2+]Cc2nnc(-c3cc(C)oc3C)o2)c2ccccc2)cc1. The van der Waals surface area contributed by atoms with Crippen LogP contribution in [-0.4, -0.2) is 10.2 Å². The minimum atomic E-state index is 0.162. The molecule has 5 nitrogen and oxygen atoms in total. The van der Waals surface area contributed by atoms with Gasteiger partial charge in [-0.1, -0.05) is 60.2 Å². The first-order valence-corrected chi connectivity index (χ1v) is 9.45. The second kappa shape index (κ2) is 7.82. The first-order chi connectivity index (χ1) is 13.6. The van der Waals surface area contributed by atoms with Gasteiger partial charge in [-0.05, 0) is 26.8 Å². The van der Waals surface area contributed by atoms with Gasteiger partial charge in [0.1, 0.15) is 17.6 Å². The first kappa shape index (κ1) is 18.2. The molecule has 0 bridgehead atoms. The molecule has 0 aliphatic carbocycles. The van der Waals surface area contributed by atoms with E-state index in [0.717, 1.165) is 17.1 Å². The van der Waals surface area contributed by atoms with Crippen LogP contribution in [-0.2, 0) is 6.54 Å². The number of furan rings is 1. The molecule has 4 rings (SSSR count). The average molecular weight is 374 g/mol.